The van der Waals surface area contributed by atoms with E-state index >= 15 is 14.4 Å². The van der Waals surface area contributed by atoms with Crippen molar-refractivity contribution in [2.75, 3.05) is 18.0 Å². The largest absolute Gasteiger partial charge is 0.508 e. The summed E-state index contributed by atoms with van der Waals surface area (Å²) in [5.41, 5.74) is 9.06. The van der Waals surface area contributed by atoms with E-state index in [1.807, 2.05) is 82.4 Å². The second-order valence-electron chi connectivity index (χ2n) is 22.6. The van der Waals surface area contributed by atoms with Crippen LogP contribution in [-0.4, -0.2) is 139 Å². The van der Waals surface area contributed by atoms with Gasteiger partial charge in [-0.05, 0) is 85.3 Å². The van der Waals surface area contributed by atoms with E-state index in [1.54, 1.807) is 35.8 Å². The zero-order valence-corrected chi connectivity index (χ0v) is 44.7. The molecule has 12 atom stereocenters. The zero-order valence-electron chi connectivity index (χ0n) is 44.7. The monoisotopic (exact) mass is 1050 g/mol. The third-order valence-corrected chi connectivity index (χ3v) is 17.7. The van der Waals surface area contributed by atoms with E-state index in [-0.39, 0.29) is 49.9 Å². The highest BCUT2D eigenvalue weighted by Gasteiger charge is 2.68. The van der Waals surface area contributed by atoms with E-state index in [4.69, 9.17) is 5.73 Å². The molecule has 0 aliphatic carbocycles. The normalized spacial score (nSPS) is 30.0. The van der Waals surface area contributed by atoms with Gasteiger partial charge in [0.1, 0.15) is 59.7 Å². The summed E-state index contributed by atoms with van der Waals surface area (Å²) in [5, 5.41) is 23.0. The fraction of sp³-hybridized carbons (Fsp3) is 0.517. The molecule has 4 saturated heterocycles. The van der Waals surface area contributed by atoms with Crippen molar-refractivity contribution >= 4 is 63.8 Å². The fourth-order valence-electron chi connectivity index (χ4n) is 13.1. The molecule has 77 heavy (non-hydrogen) atoms. The van der Waals surface area contributed by atoms with Crippen LogP contribution in [0.2, 0.25) is 0 Å². The Morgan fingerprint density at radius 1 is 0.662 bits per heavy atom. The van der Waals surface area contributed by atoms with Gasteiger partial charge in [0, 0.05) is 48.6 Å². The summed E-state index contributed by atoms with van der Waals surface area (Å²) in [7, 11) is 0. The highest BCUT2D eigenvalue weighted by atomic mass is 16.3. The van der Waals surface area contributed by atoms with Crippen molar-refractivity contribution in [3.63, 3.8) is 0 Å². The standard InChI is InChI=1S/C58H72N10O9/c1-7-32(5)47-52(73)60-40-29-58(38-16-10-12-18-42(38)67-54(75)45(68(53(40)74)57(58)67)27-34-21-23-36(69)24-22-34)66-30-35(37-15-9-11-17-41(37)66)28-39(59)49(70)63-48(33(6)8-2)56(77)65-26-14-19-43(65)50(71)61-46(31(3)4)55(76)64-25-13-20-44(64)51(72)62-47/h9-12,15-18,21-24,30-33,39-40,43-48,57,69H,7-8,13-14,19-20,25-29,59H2,1-6H3,(H,60,73)(H,61,71)(H,62,72)(H,63,70)/t32?,33?,39?,40-,43?,44?,45?,46?,47-,48?,57?,58?/m0/s1. The van der Waals surface area contributed by atoms with Crippen LogP contribution >= 0.6 is 0 Å². The van der Waals surface area contributed by atoms with Crippen molar-refractivity contribution in [3.8, 4) is 5.75 Å². The fourth-order valence-corrected chi connectivity index (χ4v) is 13.1. The van der Waals surface area contributed by atoms with Crippen molar-refractivity contribution in [3.05, 3.63) is 95.7 Å². The summed E-state index contributed by atoms with van der Waals surface area (Å²) < 4.78 is 2.07. The van der Waals surface area contributed by atoms with Gasteiger partial charge in [-0.3, -0.25) is 43.3 Å². The second-order valence-corrected chi connectivity index (χ2v) is 22.6. The van der Waals surface area contributed by atoms with Gasteiger partial charge in [0.05, 0.1) is 11.7 Å². The molecule has 0 radical (unpaired) electrons. The summed E-state index contributed by atoms with van der Waals surface area (Å²) in [4.78, 5) is 125. The molecule has 4 aromatic rings. The van der Waals surface area contributed by atoms with Crippen LogP contribution in [0.1, 0.15) is 103 Å². The number of phenols is 1. The number of hydrogen-bond acceptors (Lipinski definition) is 10. The van der Waals surface area contributed by atoms with Crippen LogP contribution in [0.25, 0.3) is 10.9 Å². The van der Waals surface area contributed by atoms with Crippen LogP contribution in [-0.2, 0) is 56.7 Å². The van der Waals surface area contributed by atoms with Crippen molar-refractivity contribution < 1.29 is 43.5 Å². The van der Waals surface area contributed by atoms with Crippen LogP contribution in [0.5, 0.6) is 5.75 Å². The molecule has 408 valence electrons. The van der Waals surface area contributed by atoms with Crippen molar-refractivity contribution in [2.45, 2.75) is 159 Å². The summed E-state index contributed by atoms with van der Waals surface area (Å²) in [6.07, 6.45) is 3.75. The summed E-state index contributed by atoms with van der Waals surface area (Å²) in [6, 6.07) is 13.1. The molecule has 19 heteroatoms. The number of benzene rings is 3. The maximum Gasteiger partial charge on any atom is 0.252 e. The third kappa shape index (κ3) is 9.06. The molecule has 7 N–H and O–H groups in total. The van der Waals surface area contributed by atoms with E-state index < -0.39 is 113 Å². The molecule has 10 rings (SSSR count). The predicted octanol–water partition coefficient (Wildman–Crippen LogP) is 3.17. The number of rotatable bonds is 7. The first-order valence-electron chi connectivity index (χ1n) is 27.6. The van der Waals surface area contributed by atoms with Gasteiger partial charge in [0.25, 0.3) is 5.91 Å². The molecule has 4 bridgehead atoms. The molecule has 10 unspecified atom stereocenters. The van der Waals surface area contributed by atoms with Gasteiger partial charge in [-0.15, -0.1) is 0 Å². The van der Waals surface area contributed by atoms with E-state index in [2.05, 4.69) is 25.8 Å². The average molecular weight is 1050 g/mol. The van der Waals surface area contributed by atoms with Crippen LogP contribution in [0.4, 0.5) is 5.69 Å². The van der Waals surface area contributed by atoms with Crippen LogP contribution in [0.3, 0.4) is 0 Å². The lowest BCUT2D eigenvalue weighted by Gasteiger charge is -2.49. The number of amides is 8. The van der Waals surface area contributed by atoms with Gasteiger partial charge in [0.15, 0.2) is 0 Å². The first-order valence-corrected chi connectivity index (χ1v) is 27.6. The Kier molecular flexibility index (Phi) is 14.4. The van der Waals surface area contributed by atoms with E-state index in [1.165, 1.54) is 21.9 Å². The van der Waals surface area contributed by atoms with Gasteiger partial charge in [0.2, 0.25) is 41.4 Å². The number of carbonyl (C=O) groups is 8. The lowest BCUT2D eigenvalue weighted by molar-refractivity contribution is -0.148. The van der Waals surface area contributed by atoms with Crippen LogP contribution < -0.4 is 31.9 Å². The molecule has 1 aromatic heterocycles. The summed E-state index contributed by atoms with van der Waals surface area (Å²) in [5.74, 6) is -5.09. The van der Waals surface area contributed by atoms with E-state index in [9.17, 15) is 29.1 Å². The number of aromatic hydroxyl groups is 1. The molecule has 6 aliphatic rings. The van der Waals surface area contributed by atoms with Gasteiger partial charge in [-0.2, -0.15) is 0 Å². The maximum atomic E-state index is 15.6. The minimum absolute atomic E-state index is 0.0196. The number of anilines is 1. The first kappa shape index (κ1) is 53.1. The maximum absolute atomic E-state index is 15.6. The topological polar surface area (TPSA) is 249 Å². The van der Waals surface area contributed by atoms with Crippen LogP contribution in [0, 0.1) is 17.8 Å². The number of phenolic OH excluding ortho intramolecular Hbond substituents is 1. The number of fused-ring (bicyclic) bond motifs is 10. The molecule has 6 aliphatic heterocycles. The van der Waals surface area contributed by atoms with Gasteiger partial charge in [-0.25, -0.2) is 0 Å². The minimum atomic E-state index is -1.27. The number of nitrogens with two attached hydrogens (primary N) is 1. The van der Waals surface area contributed by atoms with Gasteiger partial charge < -0.3 is 51.4 Å². The lowest BCUT2D eigenvalue weighted by atomic mass is 9.78. The Morgan fingerprint density at radius 3 is 1.90 bits per heavy atom. The Morgan fingerprint density at radius 2 is 1.25 bits per heavy atom. The molecule has 0 saturated carbocycles. The number of piperidine rings is 1. The number of para-hydroxylation sites is 2. The minimum Gasteiger partial charge on any atom is -0.508 e. The Bertz CT molecular complexity index is 3010. The Balaban J connectivity index is 1.12. The zero-order chi connectivity index (χ0) is 54.8. The quantitative estimate of drug-likeness (QED) is 0.158. The second kappa shape index (κ2) is 20.9. The number of nitrogens with one attached hydrogen (secondary N) is 4. The van der Waals surface area contributed by atoms with Gasteiger partial charge >= 0.3 is 0 Å². The molecular weight excluding hydrogens is 981 g/mol. The van der Waals surface area contributed by atoms with Crippen molar-refractivity contribution in [2.24, 2.45) is 23.5 Å². The molecule has 7 heterocycles. The number of carbonyl (C=O) groups excluding carboxylic acids is 8. The highest BCUT2D eigenvalue weighted by Crippen LogP contribution is 2.57. The van der Waals surface area contributed by atoms with Gasteiger partial charge in [-0.1, -0.05) is 103 Å². The number of aromatic nitrogens is 1. The Labute approximate surface area is 448 Å². The smallest absolute Gasteiger partial charge is 0.252 e. The third-order valence-electron chi connectivity index (χ3n) is 17.7. The molecule has 3 aromatic carbocycles. The molecular formula is C58H72N10O9. The lowest BCUT2D eigenvalue weighted by Crippen LogP contribution is -2.68. The van der Waals surface area contributed by atoms with Crippen molar-refractivity contribution in [1.82, 2.24) is 40.5 Å². The summed E-state index contributed by atoms with van der Waals surface area (Å²) in [6.45, 7) is 11.6. The molecule has 4 fully saturated rings. The highest BCUT2D eigenvalue weighted by molar-refractivity contribution is 6.09. The first-order chi connectivity index (χ1) is 36.9. The predicted molar refractivity (Wildman–Crippen MR) is 286 cm³/mol. The molecule has 1 spiro atoms. The van der Waals surface area contributed by atoms with Crippen molar-refractivity contribution in [1.29, 1.82) is 0 Å². The number of nitrogens with zero attached hydrogens (tertiary/aromatic N) is 5. The SMILES string of the molecule is CCC(C)C1NC(=O)C(N)Cc2cn(c3ccccc23)C23C[C@H](NC(=O)[C@H](C(C)CC)NC(=O)C4CCCN4C(=O)C(C(C)C)NC(=O)C4CCCN4C1=O)C(=O)N1C(Cc4ccc(O)cc4)C(=O)N(c4ccccc42)C13. The number of hydrogen-bond donors (Lipinski definition) is 6. The van der Waals surface area contributed by atoms with E-state index in [0.717, 1.165) is 10.9 Å². The van der Waals surface area contributed by atoms with Crippen LogP contribution in [0.15, 0.2) is 79.0 Å². The Hall–Kier alpha value is -7.28. The molecule has 8 amide bonds. The average Bonchev–Trinajstić information content (AvgIpc) is 4.47. The van der Waals surface area contributed by atoms with E-state index in [0.29, 0.717) is 60.9 Å². The molecule has 19 nitrogen and oxygen atoms in total. The summed E-state index contributed by atoms with van der Waals surface area (Å²) >= 11 is 0.